The van der Waals surface area contributed by atoms with E-state index in [0.717, 1.165) is 11.0 Å². The molecule has 0 atom stereocenters. The number of carbonyl (C=O) groups excluding carboxylic acids is 1. The van der Waals surface area contributed by atoms with Gasteiger partial charge in [-0.25, -0.2) is 4.98 Å². The summed E-state index contributed by atoms with van der Waals surface area (Å²) in [6.07, 6.45) is 1.71. The number of rotatable bonds is 2. The minimum atomic E-state index is -0.259. The van der Waals surface area contributed by atoms with E-state index in [9.17, 15) is 4.79 Å². The highest BCUT2D eigenvalue weighted by Gasteiger charge is 2.10. The number of fused-ring (bicyclic) bond motifs is 1. The molecule has 21 heavy (non-hydrogen) atoms. The van der Waals surface area contributed by atoms with Gasteiger partial charge in [0.1, 0.15) is 6.07 Å². The fourth-order valence-corrected chi connectivity index (χ4v) is 2.16. The molecule has 3 rings (SSSR count). The van der Waals surface area contributed by atoms with Crippen LogP contribution in [-0.4, -0.2) is 15.5 Å². The van der Waals surface area contributed by atoms with Crippen molar-refractivity contribution in [2.24, 2.45) is 7.05 Å². The summed E-state index contributed by atoms with van der Waals surface area (Å²) in [5.74, 6) is -0.259. The van der Waals surface area contributed by atoms with Crippen molar-refractivity contribution in [3.63, 3.8) is 0 Å². The number of para-hydroxylation sites is 1. The van der Waals surface area contributed by atoms with Crippen molar-refractivity contribution >= 4 is 22.6 Å². The Hall–Kier alpha value is -3.13. The van der Waals surface area contributed by atoms with Gasteiger partial charge < -0.3 is 9.88 Å². The number of anilines is 1. The number of hydrogen-bond donors (Lipinski definition) is 1. The molecule has 0 saturated carbocycles. The number of imidazole rings is 1. The Morgan fingerprint density at radius 3 is 2.90 bits per heavy atom. The largest absolute Gasteiger partial charge is 0.334 e. The lowest BCUT2D eigenvalue weighted by atomic mass is 10.1. The van der Waals surface area contributed by atoms with Crippen molar-refractivity contribution in [1.82, 2.24) is 9.55 Å². The molecule has 0 aliphatic heterocycles. The number of aromatic nitrogens is 2. The summed E-state index contributed by atoms with van der Waals surface area (Å²) in [5, 5.41) is 11.8. The molecule has 0 fully saturated rings. The standard InChI is InChI=1S/C16H12N4O/c1-20-10-18-14-8-11(6-7-15(14)20)16(21)19-13-5-3-2-4-12(13)9-17/h2-8,10H,1H3,(H,19,21). The lowest BCUT2D eigenvalue weighted by Gasteiger charge is -2.07. The molecular weight excluding hydrogens is 264 g/mol. The Kier molecular flexibility index (Phi) is 3.13. The first-order valence-electron chi connectivity index (χ1n) is 6.40. The second-order valence-electron chi connectivity index (χ2n) is 4.67. The van der Waals surface area contributed by atoms with Crippen molar-refractivity contribution in [2.45, 2.75) is 0 Å². The first kappa shape index (κ1) is 12.9. The quantitative estimate of drug-likeness (QED) is 0.782. The maximum absolute atomic E-state index is 12.3. The molecule has 1 aromatic heterocycles. The highest BCUT2D eigenvalue weighted by atomic mass is 16.1. The molecule has 0 unspecified atom stereocenters. The number of amides is 1. The summed E-state index contributed by atoms with van der Waals surface area (Å²) < 4.78 is 1.89. The van der Waals surface area contributed by atoms with Crippen LogP contribution in [0.25, 0.3) is 11.0 Å². The van der Waals surface area contributed by atoms with Crippen LogP contribution in [-0.2, 0) is 7.05 Å². The summed E-state index contributed by atoms with van der Waals surface area (Å²) in [6, 6.07) is 14.3. The second kappa shape index (κ2) is 5.10. The van der Waals surface area contributed by atoms with Crippen LogP contribution in [0.15, 0.2) is 48.8 Å². The minimum absolute atomic E-state index is 0.259. The number of nitrogens with zero attached hydrogens (tertiary/aromatic N) is 3. The molecule has 0 radical (unpaired) electrons. The Morgan fingerprint density at radius 1 is 1.29 bits per heavy atom. The van der Waals surface area contributed by atoms with Crippen molar-refractivity contribution in [1.29, 1.82) is 5.26 Å². The lowest BCUT2D eigenvalue weighted by Crippen LogP contribution is -2.12. The van der Waals surface area contributed by atoms with Gasteiger partial charge in [0.25, 0.3) is 5.91 Å². The van der Waals surface area contributed by atoms with E-state index in [4.69, 9.17) is 5.26 Å². The predicted molar refractivity (Wildman–Crippen MR) is 79.8 cm³/mol. The van der Waals surface area contributed by atoms with Crippen LogP contribution in [0.3, 0.4) is 0 Å². The Labute approximate surface area is 121 Å². The van der Waals surface area contributed by atoms with E-state index < -0.39 is 0 Å². The van der Waals surface area contributed by atoms with E-state index in [0.29, 0.717) is 16.8 Å². The molecule has 2 aromatic carbocycles. The molecular formula is C16H12N4O. The number of carbonyl (C=O) groups is 1. The van der Waals surface area contributed by atoms with Crippen LogP contribution in [0, 0.1) is 11.3 Å². The van der Waals surface area contributed by atoms with Gasteiger partial charge in [0.15, 0.2) is 0 Å². The Balaban J connectivity index is 1.92. The zero-order chi connectivity index (χ0) is 14.8. The highest BCUT2D eigenvalue weighted by Crippen LogP contribution is 2.17. The molecule has 5 nitrogen and oxygen atoms in total. The topological polar surface area (TPSA) is 70.7 Å². The average molecular weight is 276 g/mol. The van der Waals surface area contributed by atoms with Crippen LogP contribution in [0.4, 0.5) is 5.69 Å². The Morgan fingerprint density at radius 2 is 2.10 bits per heavy atom. The molecule has 0 aliphatic rings. The summed E-state index contributed by atoms with van der Waals surface area (Å²) in [5.41, 5.74) is 3.17. The SMILES string of the molecule is Cn1cnc2cc(C(=O)Nc3ccccc3C#N)ccc21. The number of hydrogen-bond acceptors (Lipinski definition) is 3. The molecule has 5 heteroatoms. The Bertz CT molecular complexity index is 873. The third-order valence-corrected chi connectivity index (χ3v) is 3.28. The maximum Gasteiger partial charge on any atom is 0.255 e. The smallest absolute Gasteiger partial charge is 0.255 e. The lowest BCUT2D eigenvalue weighted by molar-refractivity contribution is 0.102. The summed E-state index contributed by atoms with van der Waals surface area (Å²) in [4.78, 5) is 16.5. The minimum Gasteiger partial charge on any atom is -0.334 e. The van der Waals surface area contributed by atoms with E-state index >= 15 is 0 Å². The van der Waals surface area contributed by atoms with Gasteiger partial charge in [-0.15, -0.1) is 0 Å². The summed E-state index contributed by atoms with van der Waals surface area (Å²) >= 11 is 0. The number of benzene rings is 2. The third-order valence-electron chi connectivity index (χ3n) is 3.28. The fraction of sp³-hybridized carbons (Fsp3) is 0.0625. The predicted octanol–water partition coefficient (Wildman–Crippen LogP) is 2.70. The molecule has 0 aliphatic carbocycles. The van der Waals surface area contributed by atoms with Crippen LogP contribution < -0.4 is 5.32 Å². The average Bonchev–Trinajstić information content (AvgIpc) is 2.88. The number of nitrogens with one attached hydrogen (secondary N) is 1. The molecule has 3 aromatic rings. The van der Waals surface area contributed by atoms with Crippen LogP contribution in [0.2, 0.25) is 0 Å². The molecule has 0 saturated heterocycles. The van der Waals surface area contributed by atoms with E-state index in [1.165, 1.54) is 0 Å². The molecule has 1 amide bonds. The van der Waals surface area contributed by atoms with Crippen molar-refractivity contribution in [2.75, 3.05) is 5.32 Å². The molecule has 1 N–H and O–H groups in total. The normalized spacial score (nSPS) is 10.3. The highest BCUT2D eigenvalue weighted by molar-refractivity contribution is 6.06. The first-order valence-corrected chi connectivity index (χ1v) is 6.40. The van der Waals surface area contributed by atoms with Gasteiger partial charge in [-0.05, 0) is 30.3 Å². The first-order chi connectivity index (χ1) is 10.2. The van der Waals surface area contributed by atoms with Crippen molar-refractivity contribution in [3.8, 4) is 6.07 Å². The monoisotopic (exact) mass is 276 g/mol. The van der Waals surface area contributed by atoms with Gasteiger partial charge in [-0.3, -0.25) is 4.79 Å². The van der Waals surface area contributed by atoms with Crippen LogP contribution in [0.5, 0.6) is 0 Å². The fourth-order valence-electron chi connectivity index (χ4n) is 2.16. The molecule has 0 spiro atoms. The van der Waals surface area contributed by atoms with Crippen molar-refractivity contribution in [3.05, 3.63) is 59.9 Å². The third kappa shape index (κ3) is 2.35. The van der Waals surface area contributed by atoms with Gasteiger partial charge in [0.2, 0.25) is 0 Å². The molecule has 102 valence electrons. The van der Waals surface area contributed by atoms with Crippen molar-refractivity contribution < 1.29 is 4.79 Å². The number of nitriles is 1. The zero-order valence-electron chi connectivity index (χ0n) is 11.4. The second-order valence-corrected chi connectivity index (χ2v) is 4.67. The molecule has 1 heterocycles. The summed E-state index contributed by atoms with van der Waals surface area (Å²) in [7, 11) is 1.90. The van der Waals surface area contributed by atoms with Gasteiger partial charge in [0, 0.05) is 12.6 Å². The van der Waals surface area contributed by atoms with Gasteiger partial charge in [-0.1, -0.05) is 12.1 Å². The van der Waals surface area contributed by atoms with Gasteiger partial charge in [0.05, 0.1) is 28.6 Å². The van der Waals surface area contributed by atoms with E-state index in [2.05, 4.69) is 16.4 Å². The zero-order valence-corrected chi connectivity index (χ0v) is 11.4. The maximum atomic E-state index is 12.3. The van der Waals surface area contributed by atoms with Crippen LogP contribution >= 0.6 is 0 Å². The molecule has 0 bridgehead atoms. The van der Waals surface area contributed by atoms with E-state index in [-0.39, 0.29) is 5.91 Å². The van der Waals surface area contributed by atoms with Gasteiger partial charge >= 0.3 is 0 Å². The van der Waals surface area contributed by atoms with E-state index in [1.54, 1.807) is 42.7 Å². The number of aryl methyl sites for hydroxylation is 1. The summed E-state index contributed by atoms with van der Waals surface area (Å²) in [6.45, 7) is 0. The van der Waals surface area contributed by atoms with E-state index in [1.807, 2.05) is 17.7 Å². The van der Waals surface area contributed by atoms with Gasteiger partial charge in [-0.2, -0.15) is 5.26 Å². The van der Waals surface area contributed by atoms with Crippen LogP contribution in [0.1, 0.15) is 15.9 Å².